The van der Waals surface area contributed by atoms with Crippen LogP contribution in [0.2, 0.25) is 0 Å². The van der Waals surface area contributed by atoms with E-state index in [0.717, 1.165) is 34.8 Å². The summed E-state index contributed by atoms with van der Waals surface area (Å²) in [4.78, 5) is 9.08. The maximum absolute atomic E-state index is 6.05. The minimum atomic E-state index is 0.232. The molecule has 0 radical (unpaired) electrons. The lowest BCUT2D eigenvalue weighted by molar-refractivity contribution is 0.318. The van der Waals surface area contributed by atoms with Gasteiger partial charge in [0.1, 0.15) is 17.4 Å². The van der Waals surface area contributed by atoms with Crippen LogP contribution in [0.15, 0.2) is 24.3 Å². The standard InChI is InChI=1S/C17H23N3O/c1-5-10-21-14-9-7-6-8-13(14)15-12(4)16(18)20-17(19-15)11(2)3/h6-9,11H,5,10H2,1-4H3,(H2,18,19,20). The van der Waals surface area contributed by atoms with Crippen LogP contribution in [0, 0.1) is 6.92 Å². The molecule has 4 nitrogen and oxygen atoms in total. The van der Waals surface area contributed by atoms with Crippen molar-refractivity contribution in [2.75, 3.05) is 12.3 Å². The molecule has 0 bridgehead atoms. The average Bonchev–Trinajstić information content (AvgIpc) is 2.48. The number of rotatable bonds is 5. The first-order valence-electron chi connectivity index (χ1n) is 7.40. The molecular weight excluding hydrogens is 262 g/mol. The van der Waals surface area contributed by atoms with Crippen LogP contribution >= 0.6 is 0 Å². The van der Waals surface area contributed by atoms with Gasteiger partial charge in [0.2, 0.25) is 0 Å². The van der Waals surface area contributed by atoms with Gasteiger partial charge in [0.05, 0.1) is 12.3 Å². The Morgan fingerprint density at radius 3 is 2.57 bits per heavy atom. The van der Waals surface area contributed by atoms with E-state index in [4.69, 9.17) is 15.5 Å². The van der Waals surface area contributed by atoms with Crippen LogP contribution < -0.4 is 10.5 Å². The Bertz CT molecular complexity index is 623. The number of nitrogen functional groups attached to an aromatic ring is 1. The number of hydrogen-bond acceptors (Lipinski definition) is 4. The molecule has 0 unspecified atom stereocenters. The molecule has 2 aromatic rings. The summed E-state index contributed by atoms with van der Waals surface area (Å²) >= 11 is 0. The van der Waals surface area contributed by atoms with Gasteiger partial charge in [-0.25, -0.2) is 9.97 Å². The Labute approximate surface area is 126 Å². The molecule has 0 saturated heterocycles. The lowest BCUT2D eigenvalue weighted by atomic mass is 10.0. The van der Waals surface area contributed by atoms with Crippen molar-refractivity contribution in [1.29, 1.82) is 0 Å². The van der Waals surface area contributed by atoms with Gasteiger partial charge in [-0.3, -0.25) is 0 Å². The van der Waals surface area contributed by atoms with Crippen LogP contribution in [0.25, 0.3) is 11.3 Å². The van der Waals surface area contributed by atoms with Crippen molar-refractivity contribution >= 4 is 5.82 Å². The van der Waals surface area contributed by atoms with E-state index in [1.54, 1.807) is 0 Å². The summed E-state index contributed by atoms with van der Waals surface area (Å²) in [6.45, 7) is 8.85. The van der Waals surface area contributed by atoms with E-state index >= 15 is 0 Å². The van der Waals surface area contributed by atoms with E-state index in [0.29, 0.717) is 12.4 Å². The molecular formula is C17H23N3O. The molecule has 0 fully saturated rings. The fourth-order valence-electron chi connectivity index (χ4n) is 2.07. The summed E-state index contributed by atoms with van der Waals surface area (Å²) in [5, 5.41) is 0. The van der Waals surface area contributed by atoms with E-state index in [1.165, 1.54) is 0 Å². The summed E-state index contributed by atoms with van der Waals surface area (Å²) in [5.41, 5.74) is 8.78. The predicted molar refractivity (Wildman–Crippen MR) is 86.5 cm³/mol. The number of nitrogens with zero attached hydrogens (tertiary/aromatic N) is 2. The maximum atomic E-state index is 6.05. The number of ether oxygens (including phenoxy) is 1. The van der Waals surface area contributed by atoms with Crippen LogP contribution in [0.4, 0.5) is 5.82 Å². The molecule has 1 aromatic carbocycles. The van der Waals surface area contributed by atoms with Gasteiger partial charge in [0, 0.05) is 17.0 Å². The third-order valence-corrected chi connectivity index (χ3v) is 3.32. The predicted octanol–water partition coefficient (Wildman–Crippen LogP) is 3.95. The summed E-state index contributed by atoms with van der Waals surface area (Å²) < 4.78 is 5.83. The second-order valence-electron chi connectivity index (χ2n) is 5.44. The molecule has 0 aliphatic heterocycles. The van der Waals surface area contributed by atoms with Crippen LogP contribution in [0.1, 0.15) is 44.5 Å². The van der Waals surface area contributed by atoms with Gasteiger partial charge in [-0.2, -0.15) is 0 Å². The molecule has 1 aromatic heterocycles. The van der Waals surface area contributed by atoms with Crippen molar-refractivity contribution in [1.82, 2.24) is 9.97 Å². The molecule has 21 heavy (non-hydrogen) atoms. The number of hydrogen-bond donors (Lipinski definition) is 1. The van der Waals surface area contributed by atoms with Crippen LogP contribution in [-0.4, -0.2) is 16.6 Å². The Balaban J connectivity index is 2.55. The first-order chi connectivity index (χ1) is 10.0. The number of anilines is 1. The Kier molecular flexibility index (Phi) is 4.78. The number of para-hydroxylation sites is 1. The molecule has 0 aliphatic rings. The minimum Gasteiger partial charge on any atom is -0.493 e. The highest BCUT2D eigenvalue weighted by molar-refractivity contribution is 5.72. The third kappa shape index (κ3) is 3.32. The van der Waals surface area contributed by atoms with E-state index in [-0.39, 0.29) is 5.92 Å². The Hall–Kier alpha value is -2.10. The zero-order valence-corrected chi connectivity index (χ0v) is 13.2. The normalized spacial score (nSPS) is 10.9. The average molecular weight is 285 g/mol. The zero-order chi connectivity index (χ0) is 15.4. The highest BCUT2D eigenvalue weighted by atomic mass is 16.5. The number of benzene rings is 1. The third-order valence-electron chi connectivity index (χ3n) is 3.32. The van der Waals surface area contributed by atoms with Crippen LogP contribution in [0.3, 0.4) is 0 Å². The minimum absolute atomic E-state index is 0.232. The van der Waals surface area contributed by atoms with E-state index < -0.39 is 0 Å². The molecule has 1 heterocycles. The fraction of sp³-hybridized carbons (Fsp3) is 0.412. The summed E-state index contributed by atoms with van der Waals surface area (Å²) in [7, 11) is 0. The summed E-state index contributed by atoms with van der Waals surface area (Å²) in [5.74, 6) is 2.37. The van der Waals surface area contributed by atoms with Crippen molar-refractivity contribution < 1.29 is 4.74 Å². The quantitative estimate of drug-likeness (QED) is 0.903. The van der Waals surface area contributed by atoms with E-state index in [2.05, 4.69) is 25.8 Å². The molecule has 2 N–H and O–H groups in total. The highest BCUT2D eigenvalue weighted by Crippen LogP contribution is 2.33. The van der Waals surface area contributed by atoms with Crippen molar-refractivity contribution in [2.45, 2.75) is 40.0 Å². The van der Waals surface area contributed by atoms with Gasteiger partial charge in [-0.05, 0) is 25.5 Å². The van der Waals surface area contributed by atoms with Gasteiger partial charge in [0.25, 0.3) is 0 Å². The van der Waals surface area contributed by atoms with Crippen LogP contribution in [0.5, 0.6) is 5.75 Å². The number of aromatic nitrogens is 2. The summed E-state index contributed by atoms with van der Waals surface area (Å²) in [6.07, 6.45) is 0.969. The second-order valence-corrected chi connectivity index (χ2v) is 5.44. The van der Waals surface area contributed by atoms with Crippen molar-refractivity contribution in [3.63, 3.8) is 0 Å². The van der Waals surface area contributed by atoms with E-state index in [9.17, 15) is 0 Å². The molecule has 0 spiro atoms. The van der Waals surface area contributed by atoms with Gasteiger partial charge in [-0.15, -0.1) is 0 Å². The smallest absolute Gasteiger partial charge is 0.133 e. The fourth-order valence-corrected chi connectivity index (χ4v) is 2.07. The number of nitrogens with two attached hydrogens (primary N) is 1. The second kappa shape index (κ2) is 6.57. The molecule has 112 valence electrons. The van der Waals surface area contributed by atoms with Gasteiger partial charge in [-0.1, -0.05) is 32.9 Å². The molecule has 4 heteroatoms. The molecule has 2 rings (SSSR count). The molecule has 0 aliphatic carbocycles. The van der Waals surface area contributed by atoms with Crippen molar-refractivity contribution in [3.8, 4) is 17.0 Å². The highest BCUT2D eigenvalue weighted by Gasteiger charge is 2.15. The lowest BCUT2D eigenvalue weighted by Gasteiger charge is -2.15. The first kappa shape index (κ1) is 15.3. The summed E-state index contributed by atoms with van der Waals surface area (Å²) in [6, 6.07) is 7.94. The van der Waals surface area contributed by atoms with Gasteiger partial charge in [0.15, 0.2) is 0 Å². The van der Waals surface area contributed by atoms with Crippen molar-refractivity contribution in [3.05, 3.63) is 35.7 Å². The maximum Gasteiger partial charge on any atom is 0.133 e. The van der Waals surface area contributed by atoms with Crippen molar-refractivity contribution in [2.24, 2.45) is 0 Å². The monoisotopic (exact) mass is 285 g/mol. The Morgan fingerprint density at radius 1 is 1.19 bits per heavy atom. The first-order valence-corrected chi connectivity index (χ1v) is 7.40. The van der Waals surface area contributed by atoms with Gasteiger partial charge < -0.3 is 10.5 Å². The molecule has 0 amide bonds. The van der Waals surface area contributed by atoms with E-state index in [1.807, 2.05) is 31.2 Å². The zero-order valence-electron chi connectivity index (χ0n) is 13.2. The topological polar surface area (TPSA) is 61.0 Å². The van der Waals surface area contributed by atoms with Gasteiger partial charge >= 0.3 is 0 Å². The molecule has 0 saturated carbocycles. The van der Waals surface area contributed by atoms with Crippen LogP contribution in [-0.2, 0) is 0 Å². The Morgan fingerprint density at radius 2 is 1.90 bits per heavy atom. The molecule has 0 atom stereocenters. The largest absolute Gasteiger partial charge is 0.493 e. The SMILES string of the molecule is CCCOc1ccccc1-c1nc(C(C)C)nc(N)c1C. The lowest BCUT2D eigenvalue weighted by Crippen LogP contribution is -2.07.